The van der Waals surface area contributed by atoms with Crippen LogP contribution in [0.1, 0.15) is 61.2 Å². The van der Waals surface area contributed by atoms with Crippen LogP contribution in [-0.2, 0) is 32.7 Å². The maximum atomic E-state index is 12.3. The largest absolute Gasteiger partial charge is 0.392 e. The van der Waals surface area contributed by atoms with Crippen molar-refractivity contribution in [1.82, 2.24) is 25.7 Å². The molecular weight excluding hydrogens is 524 g/mol. The third kappa shape index (κ3) is 8.31. The van der Waals surface area contributed by atoms with Gasteiger partial charge in [0.2, 0.25) is 17.0 Å². The van der Waals surface area contributed by atoms with Gasteiger partial charge in [0.15, 0.2) is 6.29 Å². The predicted molar refractivity (Wildman–Crippen MR) is 141 cm³/mol. The Morgan fingerprint density at radius 1 is 1.03 bits per heavy atom. The number of hydrogen-bond donors (Lipinski definition) is 4. The van der Waals surface area contributed by atoms with Crippen LogP contribution in [0, 0.1) is 0 Å². The van der Waals surface area contributed by atoms with Crippen molar-refractivity contribution >= 4 is 29.3 Å². The molecule has 1 saturated heterocycles. The Morgan fingerprint density at radius 3 is 2.36 bits per heavy atom. The highest BCUT2D eigenvalue weighted by Gasteiger charge is 2.32. The number of aryl methyl sites for hydroxylation is 1. The number of thioether (sulfide) groups is 1. The first-order chi connectivity index (χ1) is 18.9. The van der Waals surface area contributed by atoms with Crippen molar-refractivity contribution in [3.05, 3.63) is 65.2 Å². The van der Waals surface area contributed by atoms with Crippen LogP contribution in [0.5, 0.6) is 0 Å². The van der Waals surface area contributed by atoms with Crippen LogP contribution < -0.4 is 10.8 Å². The first-order valence-electron chi connectivity index (χ1n) is 12.6. The fourth-order valence-electron chi connectivity index (χ4n) is 4.11. The molecule has 4 rings (SSSR count). The van der Waals surface area contributed by atoms with Gasteiger partial charge in [-0.05, 0) is 46.5 Å². The first-order valence-corrected chi connectivity index (χ1v) is 13.6. The summed E-state index contributed by atoms with van der Waals surface area (Å²) in [5.74, 6) is 0.0149. The predicted octanol–water partition coefficient (Wildman–Crippen LogP) is 3.04. The number of rotatable bonds is 12. The maximum Gasteiger partial charge on any atom is 0.243 e. The Bertz CT molecular complexity index is 1220. The summed E-state index contributed by atoms with van der Waals surface area (Å²) in [5.41, 5.74) is 4.87. The molecule has 2 heterocycles. The van der Waals surface area contributed by atoms with Crippen molar-refractivity contribution in [3.8, 4) is 0 Å². The standard InChI is InChI=1S/C26H32N6O6S/c1-32-26(28-30-31-32)39-16-21-14-22(18-8-6-17(15-33)7-9-18)38-25(37-21)19-10-12-20(13-11-19)27-23(34)4-2-3-5-24(35)29-36/h6-13,21-22,25,33,36H,2-5,14-16H2,1H3,(H,27,34)(H,29,35)/t21-,22+,25+/m0/s1. The highest BCUT2D eigenvalue weighted by Crippen LogP contribution is 2.39. The summed E-state index contributed by atoms with van der Waals surface area (Å²) < 4.78 is 14.3. The summed E-state index contributed by atoms with van der Waals surface area (Å²) in [6, 6.07) is 15.0. The van der Waals surface area contributed by atoms with Crippen LogP contribution >= 0.6 is 11.8 Å². The van der Waals surface area contributed by atoms with Crippen LogP contribution in [0.3, 0.4) is 0 Å². The van der Waals surface area contributed by atoms with Gasteiger partial charge in [-0.2, -0.15) is 0 Å². The number of tetrazole rings is 1. The zero-order chi connectivity index (χ0) is 27.6. The van der Waals surface area contributed by atoms with E-state index in [-0.39, 0.29) is 37.6 Å². The number of anilines is 1. The summed E-state index contributed by atoms with van der Waals surface area (Å²) >= 11 is 1.51. The molecule has 0 bridgehead atoms. The van der Waals surface area contributed by atoms with Gasteiger partial charge in [0, 0.05) is 43.3 Å². The second kappa shape index (κ2) is 14.1. The van der Waals surface area contributed by atoms with E-state index in [2.05, 4.69) is 20.8 Å². The Balaban J connectivity index is 1.39. The Morgan fingerprint density at radius 2 is 1.72 bits per heavy atom. The number of aromatic nitrogens is 4. The number of carbonyl (C=O) groups is 2. The van der Waals surface area contributed by atoms with E-state index in [4.69, 9.17) is 14.7 Å². The average Bonchev–Trinajstić information content (AvgIpc) is 3.38. The number of aliphatic hydroxyl groups is 1. The van der Waals surface area contributed by atoms with Gasteiger partial charge in [-0.3, -0.25) is 14.8 Å². The second-order valence-electron chi connectivity index (χ2n) is 9.16. The number of nitrogens with zero attached hydrogens (tertiary/aromatic N) is 4. The Hall–Kier alpha value is -3.36. The Kier molecular flexibility index (Phi) is 10.4. The number of amides is 2. The minimum atomic E-state index is -0.619. The fourth-order valence-corrected chi connectivity index (χ4v) is 4.98. The normalized spacial score (nSPS) is 19.0. The number of aliphatic hydroxyl groups excluding tert-OH is 1. The zero-order valence-corrected chi connectivity index (χ0v) is 22.3. The van der Waals surface area contributed by atoms with Crippen molar-refractivity contribution in [1.29, 1.82) is 0 Å². The minimum absolute atomic E-state index is 0.0215. The summed E-state index contributed by atoms with van der Waals surface area (Å²) in [6.07, 6.45) is 1.14. The highest BCUT2D eigenvalue weighted by molar-refractivity contribution is 7.99. The molecule has 2 amide bonds. The molecule has 12 nitrogen and oxygen atoms in total. The van der Waals surface area contributed by atoms with E-state index in [0.29, 0.717) is 35.9 Å². The van der Waals surface area contributed by atoms with Gasteiger partial charge in [0.25, 0.3) is 0 Å². The number of unbranched alkanes of at least 4 members (excludes halogenated alkanes) is 1. The van der Waals surface area contributed by atoms with Gasteiger partial charge in [-0.15, -0.1) is 5.10 Å². The van der Waals surface area contributed by atoms with Crippen LogP contribution in [0.25, 0.3) is 0 Å². The average molecular weight is 557 g/mol. The molecule has 0 saturated carbocycles. The van der Waals surface area contributed by atoms with Crippen molar-refractivity contribution in [2.45, 2.75) is 62.4 Å². The number of nitrogens with one attached hydrogen (secondary N) is 2. The molecule has 13 heteroatoms. The van der Waals surface area contributed by atoms with Gasteiger partial charge in [-0.1, -0.05) is 48.2 Å². The van der Waals surface area contributed by atoms with E-state index in [1.165, 1.54) is 11.8 Å². The second-order valence-corrected chi connectivity index (χ2v) is 10.1. The number of ether oxygens (including phenoxy) is 2. The number of hydroxylamine groups is 1. The monoisotopic (exact) mass is 556 g/mol. The van der Waals surface area contributed by atoms with Crippen molar-refractivity contribution in [3.63, 3.8) is 0 Å². The van der Waals surface area contributed by atoms with Gasteiger partial charge < -0.3 is 19.9 Å². The highest BCUT2D eigenvalue weighted by atomic mass is 32.2. The molecule has 4 N–H and O–H groups in total. The zero-order valence-electron chi connectivity index (χ0n) is 21.5. The lowest BCUT2D eigenvalue weighted by Crippen LogP contribution is -2.31. The van der Waals surface area contributed by atoms with Crippen LogP contribution in [0.4, 0.5) is 5.69 Å². The molecule has 0 unspecified atom stereocenters. The molecule has 3 atom stereocenters. The molecular formula is C26H32N6O6S. The molecule has 208 valence electrons. The topological polar surface area (TPSA) is 161 Å². The molecule has 0 spiro atoms. The number of carbonyl (C=O) groups excluding carboxylic acids is 2. The summed E-state index contributed by atoms with van der Waals surface area (Å²) in [6.45, 7) is -0.0215. The quantitative estimate of drug-likeness (QED) is 0.113. The summed E-state index contributed by atoms with van der Waals surface area (Å²) in [4.78, 5) is 23.3. The van der Waals surface area contributed by atoms with Crippen molar-refractivity contribution in [2.24, 2.45) is 7.05 Å². The molecule has 2 aromatic carbocycles. The molecule has 1 aromatic heterocycles. The molecule has 0 radical (unpaired) electrons. The lowest BCUT2D eigenvalue weighted by molar-refractivity contribution is -0.245. The summed E-state index contributed by atoms with van der Waals surface area (Å²) in [5, 5.41) is 33.1. The molecule has 1 aliphatic rings. The fraction of sp³-hybridized carbons (Fsp3) is 0.423. The van der Waals surface area contributed by atoms with Gasteiger partial charge >= 0.3 is 0 Å². The van der Waals surface area contributed by atoms with E-state index in [1.807, 2.05) is 36.4 Å². The molecule has 3 aromatic rings. The Labute approximate surface area is 230 Å². The van der Waals surface area contributed by atoms with Gasteiger partial charge in [0.1, 0.15) is 0 Å². The minimum Gasteiger partial charge on any atom is -0.392 e. The van der Waals surface area contributed by atoms with Crippen LogP contribution in [-0.4, -0.2) is 54.2 Å². The third-order valence-corrected chi connectivity index (χ3v) is 7.39. The van der Waals surface area contributed by atoms with E-state index in [0.717, 1.165) is 16.7 Å². The number of benzene rings is 2. The van der Waals surface area contributed by atoms with Gasteiger partial charge in [-0.25, -0.2) is 10.2 Å². The maximum absolute atomic E-state index is 12.3. The first kappa shape index (κ1) is 28.6. The third-order valence-electron chi connectivity index (χ3n) is 6.24. The van der Waals surface area contributed by atoms with Crippen molar-refractivity contribution < 1.29 is 29.4 Å². The van der Waals surface area contributed by atoms with Crippen molar-refractivity contribution in [2.75, 3.05) is 11.1 Å². The lowest BCUT2D eigenvalue weighted by Gasteiger charge is -2.36. The molecule has 39 heavy (non-hydrogen) atoms. The summed E-state index contributed by atoms with van der Waals surface area (Å²) in [7, 11) is 1.79. The smallest absolute Gasteiger partial charge is 0.243 e. The SMILES string of the molecule is Cn1nnnc1SC[C@@H]1C[C@H](c2ccc(CO)cc2)O[C@H](c2ccc(NC(=O)CCCCC(=O)NO)cc2)O1. The van der Waals surface area contributed by atoms with E-state index in [1.54, 1.807) is 29.3 Å². The van der Waals surface area contributed by atoms with E-state index < -0.39 is 12.2 Å². The number of hydrogen-bond acceptors (Lipinski definition) is 10. The van der Waals surface area contributed by atoms with E-state index in [9.17, 15) is 14.7 Å². The lowest BCUT2D eigenvalue weighted by atomic mass is 10.0. The van der Waals surface area contributed by atoms with Crippen LogP contribution in [0.2, 0.25) is 0 Å². The van der Waals surface area contributed by atoms with Crippen LogP contribution in [0.15, 0.2) is 53.7 Å². The molecule has 0 aliphatic carbocycles. The van der Waals surface area contributed by atoms with Gasteiger partial charge in [0.05, 0.1) is 18.8 Å². The molecule has 1 fully saturated rings. The van der Waals surface area contributed by atoms with E-state index >= 15 is 0 Å². The molecule has 1 aliphatic heterocycles.